The van der Waals surface area contributed by atoms with E-state index in [1.165, 1.54) is 60.8 Å². The molecule has 4 heterocycles. The normalized spacial score (nSPS) is 13.2. The molecule has 12 aromatic rings. The molecule has 0 saturated heterocycles. The molecule has 6 nitrogen and oxygen atoms in total. The van der Waals surface area contributed by atoms with Gasteiger partial charge in [0.1, 0.15) is 17.3 Å². The highest BCUT2D eigenvalue weighted by molar-refractivity contribution is 6.11. The van der Waals surface area contributed by atoms with Crippen LogP contribution in [-0.2, 0) is 27.1 Å². The molecule has 1 aliphatic heterocycles. The van der Waals surface area contributed by atoms with Crippen LogP contribution in [0.3, 0.4) is 0 Å². The molecule has 9 aromatic carbocycles. The van der Waals surface area contributed by atoms with Crippen LogP contribution in [0, 0.1) is 0 Å². The SMILES string of the molecule is CC(C)(C)c1cc(-c2ccc3c(c2)c2ccc(Oc4cccc([N+]5=C=[N+](c6cc(C(C)(C)C)cc(C(C)(C)C)c6)c6c(-c7cccc(-n8c9ccccc9c9ccccc98)c7)cccc65)c4)cc2n3-c2cc(C(C)(C)C)ccn2)cc(C(C)(C)C)c1. The zero-order chi connectivity index (χ0) is 60.4. The average molecular weight is 1130 g/mol. The molecule has 0 N–H and O–H groups in total. The number of aromatic nitrogens is 3. The lowest BCUT2D eigenvalue weighted by Crippen LogP contribution is -2.17. The maximum absolute atomic E-state index is 7.04. The van der Waals surface area contributed by atoms with Crippen LogP contribution in [0.5, 0.6) is 11.5 Å². The van der Waals surface area contributed by atoms with Crippen molar-refractivity contribution in [3.63, 3.8) is 0 Å². The summed E-state index contributed by atoms with van der Waals surface area (Å²) in [6, 6.07) is 77.6. The van der Waals surface area contributed by atoms with E-state index in [0.717, 1.165) is 78.7 Å². The predicted molar refractivity (Wildman–Crippen MR) is 365 cm³/mol. The van der Waals surface area contributed by atoms with Gasteiger partial charge in [0.05, 0.1) is 33.7 Å². The summed E-state index contributed by atoms with van der Waals surface area (Å²) in [6.07, 6.45) is 1.95. The molecule has 86 heavy (non-hydrogen) atoms. The predicted octanol–water partition coefficient (Wildman–Crippen LogP) is 21.7. The van der Waals surface area contributed by atoms with Crippen molar-refractivity contribution in [1.29, 1.82) is 0 Å². The maximum Gasteiger partial charge on any atom is 0.503 e. The van der Waals surface area contributed by atoms with Crippen LogP contribution in [0.25, 0.3) is 77.4 Å². The Kier molecular flexibility index (Phi) is 13.2. The third kappa shape index (κ3) is 10.1. The van der Waals surface area contributed by atoms with E-state index in [1.54, 1.807) is 0 Å². The van der Waals surface area contributed by atoms with Crippen LogP contribution in [0.15, 0.2) is 206 Å². The van der Waals surface area contributed by atoms with E-state index in [2.05, 4.69) is 328 Å². The fourth-order valence-corrected chi connectivity index (χ4v) is 12.4. The van der Waals surface area contributed by atoms with Gasteiger partial charge in [-0.05, 0) is 154 Å². The number of benzene rings is 9. The Morgan fingerprint density at radius 2 is 0.930 bits per heavy atom. The Hall–Kier alpha value is -9.09. The zero-order valence-electron chi connectivity index (χ0n) is 52.8. The second-order valence-corrected chi connectivity index (χ2v) is 28.9. The smallest absolute Gasteiger partial charge is 0.457 e. The molecule has 6 heteroatoms. The molecule has 0 amide bonds. The number of fused-ring (bicyclic) bond motifs is 7. The first kappa shape index (κ1) is 56.1. The number of ether oxygens (including phenoxy) is 1. The van der Waals surface area contributed by atoms with Gasteiger partial charge in [0, 0.05) is 63.8 Å². The van der Waals surface area contributed by atoms with Crippen molar-refractivity contribution in [2.45, 2.75) is 131 Å². The van der Waals surface area contributed by atoms with Gasteiger partial charge in [-0.25, -0.2) is 4.98 Å². The lowest BCUT2D eigenvalue weighted by atomic mass is 9.79. The van der Waals surface area contributed by atoms with E-state index in [0.29, 0.717) is 0 Å². The fourth-order valence-electron chi connectivity index (χ4n) is 12.4. The Labute approximate surface area is 508 Å². The van der Waals surface area contributed by atoms with Crippen LogP contribution in [0.2, 0.25) is 0 Å². The van der Waals surface area contributed by atoms with Crippen molar-refractivity contribution < 1.29 is 4.74 Å². The van der Waals surface area contributed by atoms with Gasteiger partial charge < -0.3 is 9.30 Å². The molecule has 0 aliphatic carbocycles. The second-order valence-electron chi connectivity index (χ2n) is 28.9. The van der Waals surface area contributed by atoms with Gasteiger partial charge in [-0.2, -0.15) is 0 Å². The first-order valence-corrected chi connectivity index (χ1v) is 30.5. The number of rotatable bonds is 8. The quantitative estimate of drug-likeness (QED) is 0.142. The van der Waals surface area contributed by atoms with E-state index >= 15 is 0 Å². The topological polar surface area (TPSA) is 38.0 Å². The zero-order valence-corrected chi connectivity index (χ0v) is 52.8. The van der Waals surface area contributed by atoms with Crippen LogP contribution in [-0.4, -0.2) is 20.1 Å². The summed E-state index contributed by atoms with van der Waals surface area (Å²) in [7, 11) is 0. The van der Waals surface area contributed by atoms with Crippen molar-refractivity contribution in [1.82, 2.24) is 23.3 Å². The third-order valence-electron chi connectivity index (χ3n) is 17.5. The van der Waals surface area contributed by atoms with Gasteiger partial charge in [0.15, 0.2) is 0 Å². The highest BCUT2D eigenvalue weighted by Gasteiger charge is 2.41. The van der Waals surface area contributed by atoms with Crippen LogP contribution in [0.1, 0.15) is 132 Å². The largest absolute Gasteiger partial charge is 0.503 e. The van der Waals surface area contributed by atoms with Gasteiger partial charge in [-0.15, -0.1) is 0 Å². The minimum atomic E-state index is -0.0948. The number of pyridine rings is 1. The summed E-state index contributed by atoms with van der Waals surface area (Å²) in [4.78, 5) is 5.07. The van der Waals surface area contributed by atoms with Gasteiger partial charge in [-0.3, -0.25) is 4.57 Å². The third-order valence-corrected chi connectivity index (χ3v) is 17.5. The average Bonchev–Trinajstić information content (AvgIpc) is 1.83. The van der Waals surface area contributed by atoms with Gasteiger partial charge >= 0.3 is 11.7 Å². The van der Waals surface area contributed by atoms with Crippen LogP contribution in [0.4, 0.5) is 22.7 Å². The summed E-state index contributed by atoms with van der Waals surface area (Å²) in [5.74, 6) is 2.32. The minimum absolute atomic E-state index is 0.00583. The Balaban J connectivity index is 0.949. The Bertz CT molecular complexity index is 4670. The lowest BCUT2D eigenvalue weighted by molar-refractivity contribution is 0.483. The molecule has 0 radical (unpaired) electrons. The van der Waals surface area contributed by atoms with Gasteiger partial charge in [-0.1, -0.05) is 195 Å². The molecule has 0 fully saturated rings. The van der Waals surface area contributed by atoms with Crippen molar-refractivity contribution in [3.8, 4) is 45.3 Å². The Morgan fingerprint density at radius 3 is 1.57 bits per heavy atom. The maximum atomic E-state index is 7.04. The summed E-state index contributed by atoms with van der Waals surface area (Å²) >= 11 is 0. The first-order chi connectivity index (χ1) is 40.8. The number of hydrogen-bond donors (Lipinski definition) is 0. The van der Waals surface area contributed by atoms with E-state index < -0.39 is 0 Å². The summed E-state index contributed by atoms with van der Waals surface area (Å²) in [6.45, 7) is 34.4. The van der Waals surface area contributed by atoms with Crippen molar-refractivity contribution in [2.75, 3.05) is 0 Å². The number of hydrogen-bond acceptors (Lipinski definition) is 2. The first-order valence-electron chi connectivity index (χ1n) is 30.5. The van der Waals surface area contributed by atoms with E-state index in [-0.39, 0.29) is 27.1 Å². The highest BCUT2D eigenvalue weighted by atomic mass is 16.5. The molecular weight excluding hydrogens is 1050 g/mol. The molecule has 0 unspecified atom stereocenters. The van der Waals surface area contributed by atoms with Crippen molar-refractivity contribution in [2.24, 2.45) is 0 Å². The molecular formula is C80H79N5O+2. The molecule has 428 valence electrons. The Morgan fingerprint density at radius 1 is 0.360 bits per heavy atom. The van der Waals surface area contributed by atoms with Crippen LogP contribution >= 0.6 is 0 Å². The molecule has 13 rings (SSSR count). The fraction of sp³-hybridized carbons (Fsp3) is 0.250. The molecule has 0 saturated carbocycles. The van der Waals surface area contributed by atoms with E-state index in [1.807, 2.05) is 6.20 Å². The van der Waals surface area contributed by atoms with Crippen LogP contribution < -0.4 is 13.9 Å². The lowest BCUT2D eigenvalue weighted by Gasteiger charge is -2.26. The summed E-state index contributed by atoms with van der Waals surface area (Å²) in [5, 5.41) is 4.78. The summed E-state index contributed by atoms with van der Waals surface area (Å²) < 4.78 is 16.3. The summed E-state index contributed by atoms with van der Waals surface area (Å²) in [5.41, 5.74) is 20.5. The molecule has 0 spiro atoms. The standard InChI is InChI=1S/C80H79N5O/c1-76(2,3)54-37-38-81-74(47-54)85-71-36-33-51(53-39-55(77(4,5)6)43-56(40-53)78(7,8)9)42-68(71)67-35-34-63(49-73(67)85)86-62-26-21-24-59(48-62)82-50-83(61-45-57(79(10,11)12)44-58(46-61)80(13,14)15)75-64(29-22-32-72(75)82)52-23-20-25-60(41-52)84-69-30-18-16-27-65(69)66-28-17-19-31-70(66)84/h16-49H,1-15H3/q+2. The molecule has 0 atom stereocenters. The monoisotopic (exact) mass is 1130 g/mol. The molecule has 1 aliphatic rings. The van der Waals surface area contributed by atoms with E-state index in [9.17, 15) is 0 Å². The second kappa shape index (κ2) is 20.3. The van der Waals surface area contributed by atoms with Gasteiger partial charge in [0.2, 0.25) is 11.4 Å². The van der Waals surface area contributed by atoms with Crippen molar-refractivity contribution >= 4 is 72.4 Å². The number of nitrogens with zero attached hydrogens (tertiary/aromatic N) is 5. The molecule has 3 aromatic heterocycles. The van der Waals surface area contributed by atoms with E-state index in [4.69, 9.17) is 9.72 Å². The molecule has 0 bridgehead atoms. The minimum Gasteiger partial charge on any atom is -0.457 e. The highest BCUT2D eigenvalue weighted by Crippen LogP contribution is 2.47. The van der Waals surface area contributed by atoms with Crippen molar-refractivity contribution in [3.05, 3.63) is 234 Å². The number of para-hydroxylation sites is 3. The van der Waals surface area contributed by atoms with Gasteiger partial charge in [0.25, 0.3) is 5.69 Å².